The number of rotatable bonds is 4. The van der Waals surface area contributed by atoms with Crippen molar-refractivity contribution in [1.29, 1.82) is 0 Å². The van der Waals surface area contributed by atoms with E-state index in [-0.39, 0.29) is 11.3 Å². The van der Waals surface area contributed by atoms with Crippen LogP contribution in [-0.4, -0.2) is 25.1 Å². The standard InChI is InChI=1S/C8H8N2O5S/c11-8(9-5-16(14)15)6-2-1-3-7(4-6)10(12)13/h1-4,16H,5H2,(H,9,11). The summed E-state index contributed by atoms with van der Waals surface area (Å²) >= 11 is 0. The summed E-state index contributed by atoms with van der Waals surface area (Å²) in [5, 5.41) is 12.5. The molecule has 1 aromatic carbocycles. The fourth-order valence-electron chi connectivity index (χ4n) is 0.999. The molecular formula is C8H8N2O5S. The first-order valence-electron chi connectivity index (χ1n) is 4.15. The van der Waals surface area contributed by atoms with Crippen LogP contribution in [0.2, 0.25) is 0 Å². The van der Waals surface area contributed by atoms with Crippen LogP contribution < -0.4 is 5.32 Å². The van der Waals surface area contributed by atoms with Gasteiger partial charge >= 0.3 is 0 Å². The minimum Gasteiger partial charge on any atom is -0.338 e. The lowest BCUT2D eigenvalue weighted by molar-refractivity contribution is -0.384. The summed E-state index contributed by atoms with van der Waals surface area (Å²) in [6.45, 7) is 0. The van der Waals surface area contributed by atoms with E-state index in [1.54, 1.807) is 0 Å². The molecule has 1 amide bonds. The lowest BCUT2D eigenvalue weighted by atomic mass is 10.2. The Labute approximate surface area is 92.2 Å². The van der Waals surface area contributed by atoms with Gasteiger partial charge in [0.05, 0.1) is 4.92 Å². The molecule has 16 heavy (non-hydrogen) atoms. The fourth-order valence-corrected chi connectivity index (χ4v) is 1.27. The number of non-ortho nitro benzene ring substituents is 1. The van der Waals surface area contributed by atoms with Crippen molar-refractivity contribution in [3.8, 4) is 0 Å². The zero-order chi connectivity index (χ0) is 12.1. The van der Waals surface area contributed by atoms with Crippen molar-refractivity contribution in [3.05, 3.63) is 39.9 Å². The van der Waals surface area contributed by atoms with Crippen LogP contribution in [0.3, 0.4) is 0 Å². The van der Waals surface area contributed by atoms with Crippen LogP contribution in [0.1, 0.15) is 10.4 Å². The van der Waals surface area contributed by atoms with Crippen molar-refractivity contribution < 1.29 is 18.1 Å². The molecule has 0 saturated heterocycles. The normalized spacial score (nSPS) is 10.1. The number of benzene rings is 1. The third kappa shape index (κ3) is 3.31. The first-order chi connectivity index (χ1) is 7.50. The van der Waals surface area contributed by atoms with Crippen LogP contribution in [0, 0.1) is 10.1 Å². The number of nitrogens with one attached hydrogen (secondary N) is 1. The molecule has 0 aliphatic heterocycles. The van der Waals surface area contributed by atoms with Crippen LogP contribution in [0.4, 0.5) is 5.69 Å². The van der Waals surface area contributed by atoms with Crippen molar-refractivity contribution in [2.75, 3.05) is 5.88 Å². The van der Waals surface area contributed by atoms with Gasteiger partial charge in [-0.15, -0.1) is 0 Å². The fraction of sp³-hybridized carbons (Fsp3) is 0.125. The molecule has 1 rings (SSSR count). The highest BCUT2D eigenvalue weighted by Gasteiger charge is 2.10. The van der Waals surface area contributed by atoms with Crippen molar-refractivity contribution in [2.24, 2.45) is 0 Å². The molecule has 0 unspecified atom stereocenters. The van der Waals surface area contributed by atoms with Gasteiger partial charge in [-0.05, 0) is 6.07 Å². The van der Waals surface area contributed by atoms with Gasteiger partial charge in [0.2, 0.25) is 0 Å². The summed E-state index contributed by atoms with van der Waals surface area (Å²) in [4.78, 5) is 21.1. The largest absolute Gasteiger partial charge is 0.338 e. The Kier molecular flexibility index (Phi) is 3.95. The Balaban J connectivity index is 2.83. The molecule has 1 aromatic rings. The van der Waals surface area contributed by atoms with Gasteiger partial charge in [-0.2, -0.15) is 0 Å². The second kappa shape index (κ2) is 5.21. The third-order valence-corrected chi connectivity index (χ3v) is 2.10. The lowest BCUT2D eigenvalue weighted by Gasteiger charge is -2.00. The molecule has 1 N–H and O–H groups in total. The maximum atomic E-state index is 11.3. The Hall–Kier alpha value is -1.96. The van der Waals surface area contributed by atoms with Gasteiger partial charge < -0.3 is 5.32 Å². The molecule has 0 fully saturated rings. The number of hydrogen-bond acceptors (Lipinski definition) is 5. The van der Waals surface area contributed by atoms with E-state index >= 15 is 0 Å². The molecule has 0 saturated carbocycles. The van der Waals surface area contributed by atoms with E-state index < -0.39 is 27.4 Å². The van der Waals surface area contributed by atoms with Gasteiger partial charge in [0.25, 0.3) is 11.6 Å². The molecule has 8 heteroatoms. The Morgan fingerprint density at radius 3 is 2.69 bits per heavy atom. The zero-order valence-corrected chi connectivity index (χ0v) is 8.85. The van der Waals surface area contributed by atoms with E-state index in [2.05, 4.69) is 5.32 Å². The summed E-state index contributed by atoms with van der Waals surface area (Å²) in [7, 11) is -2.71. The van der Waals surface area contributed by atoms with Crippen molar-refractivity contribution in [2.45, 2.75) is 0 Å². The monoisotopic (exact) mass is 244 g/mol. The number of nitro benzene ring substituents is 1. The quantitative estimate of drug-likeness (QED) is 0.436. The van der Waals surface area contributed by atoms with Crippen LogP contribution >= 0.6 is 0 Å². The van der Waals surface area contributed by atoms with E-state index in [9.17, 15) is 23.3 Å². The van der Waals surface area contributed by atoms with Crippen LogP contribution in [0.5, 0.6) is 0 Å². The molecule has 7 nitrogen and oxygen atoms in total. The maximum absolute atomic E-state index is 11.3. The van der Waals surface area contributed by atoms with Crippen molar-refractivity contribution in [3.63, 3.8) is 0 Å². The van der Waals surface area contributed by atoms with Crippen LogP contribution in [0.25, 0.3) is 0 Å². The molecule has 0 spiro atoms. The molecule has 0 radical (unpaired) electrons. The Morgan fingerprint density at radius 2 is 2.12 bits per heavy atom. The second-order valence-corrected chi connectivity index (χ2v) is 3.79. The highest BCUT2D eigenvalue weighted by atomic mass is 32.2. The average Bonchev–Trinajstić information content (AvgIpc) is 2.26. The van der Waals surface area contributed by atoms with Crippen LogP contribution in [-0.2, 0) is 10.7 Å². The molecule has 86 valence electrons. The molecule has 0 aliphatic rings. The smallest absolute Gasteiger partial charge is 0.270 e. The van der Waals surface area contributed by atoms with E-state index in [0.717, 1.165) is 6.07 Å². The molecule has 0 heterocycles. The number of amides is 1. The Bertz CT molecular complexity index is 489. The Morgan fingerprint density at radius 1 is 1.44 bits per heavy atom. The minimum absolute atomic E-state index is 0.0473. The number of carbonyl (C=O) groups excluding carboxylic acids is 1. The van der Waals surface area contributed by atoms with Crippen molar-refractivity contribution >= 4 is 22.3 Å². The van der Waals surface area contributed by atoms with Gasteiger partial charge in [0, 0.05) is 17.7 Å². The first kappa shape index (κ1) is 12.1. The number of nitrogens with zero attached hydrogens (tertiary/aromatic N) is 1. The van der Waals surface area contributed by atoms with E-state index in [1.807, 2.05) is 0 Å². The van der Waals surface area contributed by atoms with E-state index in [4.69, 9.17) is 0 Å². The van der Waals surface area contributed by atoms with Gasteiger partial charge in [-0.1, -0.05) is 6.07 Å². The van der Waals surface area contributed by atoms with Gasteiger partial charge in [-0.25, -0.2) is 8.42 Å². The highest BCUT2D eigenvalue weighted by molar-refractivity contribution is 7.72. The molecule has 0 aromatic heterocycles. The van der Waals surface area contributed by atoms with E-state index in [1.165, 1.54) is 18.2 Å². The SMILES string of the molecule is O=C(NC[SH](=O)=O)c1cccc([N+](=O)[O-])c1. The van der Waals surface area contributed by atoms with Crippen molar-refractivity contribution in [1.82, 2.24) is 5.32 Å². The molecule has 0 atom stereocenters. The predicted octanol–water partition coefficient (Wildman–Crippen LogP) is -0.107. The van der Waals surface area contributed by atoms with Gasteiger partial charge in [0.1, 0.15) is 5.88 Å². The summed E-state index contributed by atoms with van der Waals surface area (Å²) < 4.78 is 20.4. The third-order valence-electron chi connectivity index (χ3n) is 1.69. The number of hydrogen-bond donors (Lipinski definition) is 2. The topological polar surface area (TPSA) is 106 Å². The lowest BCUT2D eigenvalue weighted by Crippen LogP contribution is -2.25. The highest BCUT2D eigenvalue weighted by Crippen LogP contribution is 2.12. The van der Waals surface area contributed by atoms with Gasteiger partial charge in [0.15, 0.2) is 10.7 Å². The number of thiol groups is 1. The minimum atomic E-state index is -2.71. The van der Waals surface area contributed by atoms with Crippen LogP contribution in [0.15, 0.2) is 24.3 Å². The number of nitro groups is 1. The summed E-state index contributed by atoms with van der Waals surface area (Å²) in [5.41, 5.74) is -0.176. The summed E-state index contributed by atoms with van der Waals surface area (Å²) in [6.07, 6.45) is 0. The number of carbonyl (C=O) groups is 1. The molecule has 0 bridgehead atoms. The molecular weight excluding hydrogens is 236 g/mol. The summed E-state index contributed by atoms with van der Waals surface area (Å²) in [6, 6.07) is 5.03. The molecule has 0 aliphatic carbocycles. The predicted molar refractivity (Wildman–Crippen MR) is 55.7 cm³/mol. The first-order valence-corrected chi connectivity index (χ1v) is 5.51. The van der Waals surface area contributed by atoms with E-state index in [0.29, 0.717) is 0 Å². The second-order valence-electron chi connectivity index (χ2n) is 2.80. The van der Waals surface area contributed by atoms with Gasteiger partial charge in [-0.3, -0.25) is 14.9 Å². The zero-order valence-electron chi connectivity index (χ0n) is 7.95. The average molecular weight is 244 g/mol. The maximum Gasteiger partial charge on any atom is 0.270 e. The summed E-state index contributed by atoms with van der Waals surface area (Å²) in [5.74, 6) is -1.15.